The van der Waals surface area contributed by atoms with E-state index in [-0.39, 0.29) is 23.1 Å². The summed E-state index contributed by atoms with van der Waals surface area (Å²) in [5.41, 5.74) is -0.800. The maximum atomic E-state index is 12.1. The number of aliphatic carboxylic acids is 1. The molecule has 0 aromatic heterocycles. The molecule has 1 N–H and O–H groups in total. The minimum atomic E-state index is -0.996. The van der Waals surface area contributed by atoms with Crippen LogP contribution in [-0.4, -0.2) is 23.1 Å². The third-order valence-corrected chi connectivity index (χ3v) is 3.31. The second-order valence-corrected chi connectivity index (χ2v) is 5.62. The van der Waals surface area contributed by atoms with Gasteiger partial charge in [0.05, 0.1) is 11.5 Å². The van der Waals surface area contributed by atoms with E-state index in [0.717, 1.165) is 0 Å². The van der Waals surface area contributed by atoms with Crippen molar-refractivity contribution >= 4 is 11.9 Å². The Morgan fingerprint density at radius 2 is 1.82 bits per heavy atom. The molecule has 0 amide bonds. The van der Waals surface area contributed by atoms with Gasteiger partial charge in [-0.25, -0.2) is 4.79 Å². The minimum Gasteiger partial charge on any atom is -0.478 e. The number of ether oxygens (including phenoxy) is 1. The lowest BCUT2D eigenvalue weighted by atomic mass is 9.93. The summed E-state index contributed by atoms with van der Waals surface area (Å²) in [6.45, 7) is 8.96. The summed E-state index contributed by atoms with van der Waals surface area (Å²) < 4.78 is 5.22. The predicted molar refractivity (Wildman–Crippen MR) is 63.5 cm³/mol. The van der Waals surface area contributed by atoms with Crippen LogP contribution in [0.25, 0.3) is 0 Å². The molecule has 0 heterocycles. The Balaban J connectivity index is 2.99. The van der Waals surface area contributed by atoms with Crippen LogP contribution in [0, 0.1) is 10.8 Å². The van der Waals surface area contributed by atoms with Gasteiger partial charge in [-0.05, 0) is 32.6 Å². The van der Waals surface area contributed by atoms with Gasteiger partial charge in [0.15, 0.2) is 0 Å². The topological polar surface area (TPSA) is 63.6 Å². The summed E-state index contributed by atoms with van der Waals surface area (Å²) in [5.74, 6) is -1.32. The molecule has 1 unspecified atom stereocenters. The lowest BCUT2D eigenvalue weighted by molar-refractivity contribution is -0.153. The number of carboxylic acid groups (broad SMARTS) is 1. The van der Waals surface area contributed by atoms with Crippen molar-refractivity contribution in [3.05, 3.63) is 11.6 Å². The van der Waals surface area contributed by atoms with Crippen LogP contribution in [0.15, 0.2) is 11.6 Å². The molecule has 1 atom stereocenters. The van der Waals surface area contributed by atoms with E-state index in [4.69, 9.17) is 9.84 Å². The molecular weight excluding hydrogens is 220 g/mol. The molecular formula is C13H20O4. The summed E-state index contributed by atoms with van der Waals surface area (Å²) >= 11 is 0. The maximum absolute atomic E-state index is 12.1. The number of hydrogen-bond acceptors (Lipinski definition) is 3. The molecule has 4 nitrogen and oxygen atoms in total. The molecule has 1 saturated carbocycles. The molecule has 0 aliphatic heterocycles. The summed E-state index contributed by atoms with van der Waals surface area (Å²) in [6.07, 6.45) is 1.99. The van der Waals surface area contributed by atoms with Crippen molar-refractivity contribution in [3.63, 3.8) is 0 Å². The van der Waals surface area contributed by atoms with Gasteiger partial charge in [0, 0.05) is 5.57 Å². The van der Waals surface area contributed by atoms with E-state index >= 15 is 0 Å². The first kappa shape index (κ1) is 13.7. The SMILES string of the molecule is C/C(=C\C1(C(=O)OC(C)C)CC1(C)C)C(=O)O. The molecule has 0 bridgehead atoms. The summed E-state index contributed by atoms with van der Waals surface area (Å²) in [4.78, 5) is 22.9. The second-order valence-electron chi connectivity index (χ2n) is 5.62. The highest BCUT2D eigenvalue weighted by atomic mass is 16.5. The van der Waals surface area contributed by atoms with Crippen LogP contribution in [0.4, 0.5) is 0 Å². The van der Waals surface area contributed by atoms with Crippen molar-refractivity contribution < 1.29 is 19.4 Å². The first-order valence-corrected chi connectivity index (χ1v) is 5.76. The number of carboxylic acids is 1. The average Bonchev–Trinajstić information content (AvgIpc) is 2.68. The summed E-state index contributed by atoms with van der Waals surface area (Å²) in [7, 11) is 0. The average molecular weight is 240 g/mol. The molecule has 0 spiro atoms. The molecule has 1 fully saturated rings. The van der Waals surface area contributed by atoms with Crippen molar-refractivity contribution in [2.24, 2.45) is 10.8 Å². The number of esters is 1. The van der Waals surface area contributed by atoms with Gasteiger partial charge in [-0.1, -0.05) is 19.9 Å². The van der Waals surface area contributed by atoms with E-state index < -0.39 is 11.4 Å². The van der Waals surface area contributed by atoms with Crippen LogP contribution in [0.5, 0.6) is 0 Å². The van der Waals surface area contributed by atoms with Gasteiger partial charge < -0.3 is 9.84 Å². The number of hydrogen-bond donors (Lipinski definition) is 1. The van der Waals surface area contributed by atoms with Gasteiger partial charge in [-0.2, -0.15) is 0 Å². The molecule has 1 aliphatic rings. The van der Waals surface area contributed by atoms with E-state index in [2.05, 4.69) is 0 Å². The van der Waals surface area contributed by atoms with Gasteiger partial charge in [0.1, 0.15) is 0 Å². The van der Waals surface area contributed by atoms with Crippen molar-refractivity contribution in [1.82, 2.24) is 0 Å². The Hall–Kier alpha value is -1.32. The van der Waals surface area contributed by atoms with Gasteiger partial charge in [-0.3, -0.25) is 4.79 Å². The third kappa shape index (κ3) is 2.51. The lowest BCUT2D eigenvalue weighted by Gasteiger charge is -2.18. The minimum absolute atomic E-state index is 0.186. The third-order valence-electron chi connectivity index (χ3n) is 3.31. The van der Waals surface area contributed by atoms with E-state index in [9.17, 15) is 9.59 Å². The monoisotopic (exact) mass is 240 g/mol. The van der Waals surface area contributed by atoms with Crippen molar-refractivity contribution in [3.8, 4) is 0 Å². The Morgan fingerprint density at radius 1 is 1.35 bits per heavy atom. The molecule has 96 valence electrons. The molecule has 17 heavy (non-hydrogen) atoms. The zero-order chi connectivity index (χ0) is 13.4. The Bertz CT molecular complexity index is 379. The van der Waals surface area contributed by atoms with Crippen LogP contribution in [-0.2, 0) is 14.3 Å². The largest absolute Gasteiger partial charge is 0.478 e. The Kier molecular flexibility index (Phi) is 3.37. The fraction of sp³-hybridized carbons (Fsp3) is 0.692. The van der Waals surface area contributed by atoms with Gasteiger partial charge in [0.2, 0.25) is 0 Å². The maximum Gasteiger partial charge on any atom is 0.330 e. The van der Waals surface area contributed by atoms with Crippen molar-refractivity contribution in [2.75, 3.05) is 0 Å². The lowest BCUT2D eigenvalue weighted by Crippen LogP contribution is -2.25. The Morgan fingerprint density at radius 3 is 2.12 bits per heavy atom. The first-order valence-electron chi connectivity index (χ1n) is 5.76. The zero-order valence-electron chi connectivity index (χ0n) is 11.0. The standard InChI is InChI=1S/C13H20O4/c1-8(2)17-11(16)13(7-12(13,4)5)6-9(3)10(14)15/h6,8H,7H2,1-5H3,(H,14,15)/b9-6+. The fourth-order valence-corrected chi connectivity index (χ4v) is 2.06. The van der Waals surface area contributed by atoms with Crippen LogP contribution in [0.3, 0.4) is 0 Å². The Labute approximate surface area is 102 Å². The van der Waals surface area contributed by atoms with Crippen LogP contribution in [0.1, 0.15) is 41.0 Å². The van der Waals surface area contributed by atoms with E-state index in [0.29, 0.717) is 6.42 Å². The van der Waals surface area contributed by atoms with Crippen LogP contribution < -0.4 is 0 Å². The molecule has 0 saturated heterocycles. The van der Waals surface area contributed by atoms with Gasteiger partial charge >= 0.3 is 11.9 Å². The van der Waals surface area contributed by atoms with Gasteiger partial charge in [0.25, 0.3) is 0 Å². The highest BCUT2D eigenvalue weighted by Crippen LogP contribution is 2.65. The van der Waals surface area contributed by atoms with Gasteiger partial charge in [-0.15, -0.1) is 0 Å². The predicted octanol–water partition coefficient (Wildman–Crippen LogP) is 2.39. The smallest absolute Gasteiger partial charge is 0.330 e. The molecule has 1 rings (SSSR count). The van der Waals surface area contributed by atoms with E-state index in [1.165, 1.54) is 6.92 Å². The summed E-state index contributed by atoms with van der Waals surface area (Å²) in [6, 6.07) is 0. The first-order chi connectivity index (χ1) is 7.62. The van der Waals surface area contributed by atoms with Crippen molar-refractivity contribution in [1.29, 1.82) is 0 Å². The second kappa shape index (κ2) is 4.17. The highest BCUT2D eigenvalue weighted by molar-refractivity contribution is 5.90. The quantitative estimate of drug-likeness (QED) is 0.605. The van der Waals surface area contributed by atoms with Crippen LogP contribution >= 0.6 is 0 Å². The number of carbonyl (C=O) groups is 2. The molecule has 4 heteroatoms. The normalized spacial score (nSPS) is 26.8. The van der Waals surface area contributed by atoms with E-state index in [1.807, 2.05) is 13.8 Å². The summed E-state index contributed by atoms with van der Waals surface area (Å²) in [5, 5.41) is 8.89. The zero-order valence-corrected chi connectivity index (χ0v) is 11.0. The van der Waals surface area contributed by atoms with Crippen LogP contribution in [0.2, 0.25) is 0 Å². The van der Waals surface area contributed by atoms with E-state index in [1.54, 1.807) is 19.9 Å². The molecule has 0 aromatic carbocycles. The number of rotatable bonds is 4. The molecule has 0 aromatic rings. The molecule has 0 radical (unpaired) electrons. The number of carbonyl (C=O) groups excluding carboxylic acids is 1. The highest BCUT2D eigenvalue weighted by Gasteiger charge is 2.66. The fourth-order valence-electron chi connectivity index (χ4n) is 2.06. The van der Waals surface area contributed by atoms with Crippen molar-refractivity contribution in [2.45, 2.75) is 47.1 Å². The molecule has 1 aliphatic carbocycles.